The number of hydrogen-bond donors (Lipinski definition) is 2. The average Bonchev–Trinajstić information content (AvgIpc) is 3.19. The maximum absolute atomic E-state index is 12.3. The largest absolute Gasteiger partial charge is 0.504 e. The molecule has 3 heterocycles. The maximum Gasteiger partial charge on any atom is 0.225 e. The second kappa shape index (κ2) is 6.45. The molecule has 3 aromatic heterocycles. The van der Waals surface area contributed by atoms with Crippen LogP contribution in [0.2, 0.25) is 5.02 Å². The summed E-state index contributed by atoms with van der Waals surface area (Å²) < 4.78 is 5.25. The number of hydrogen-bond acceptors (Lipinski definition) is 6. The Kier molecular flexibility index (Phi) is 4.20. The van der Waals surface area contributed by atoms with Gasteiger partial charge in [0.15, 0.2) is 17.3 Å². The highest BCUT2D eigenvalue weighted by Gasteiger charge is 2.19. The average molecular weight is 331 g/mol. The van der Waals surface area contributed by atoms with E-state index in [1.54, 1.807) is 12.4 Å². The van der Waals surface area contributed by atoms with Crippen molar-refractivity contribution in [3.05, 3.63) is 70.9 Å². The zero-order valence-corrected chi connectivity index (χ0v) is 12.5. The van der Waals surface area contributed by atoms with Crippen molar-refractivity contribution in [2.45, 2.75) is 6.42 Å². The summed E-state index contributed by atoms with van der Waals surface area (Å²) in [5, 5.41) is 16.3. The first-order valence-electron chi connectivity index (χ1n) is 6.60. The maximum atomic E-state index is 12.3. The molecule has 0 saturated heterocycles. The highest BCUT2D eigenvalue weighted by atomic mass is 35.5. The fourth-order valence-corrected chi connectivity index (χ4v) is 2.22. The summed E-state index contributed by atoms with van der Waals surface area (Å²) in [6.45, 7) is 0. The predicted molar refractivity (Wildman–Crippen MR) is 82.1 cm³/mol. The number of aromatic nitrogens is 4. The van der Waals surface area contributed by atoms with Crippen LogP contribution in [0.3, 0.4) is 0 Å². The van der Waals surface area contributed by atoms with Crippen LogP contribution in [0, 0.1) is 0 Å². The van der Waals surface area contributed by atoms with Gasteiger partial charge < -0.3 is 9.52 Å². The fraction of sp³-hybridized carbons (Fsp3) is 0.0667. The van der Waals surface area contributed by atoms with Gasteiger partial charge in [-0.3, -0.25) is 14.9 Å². The number of aromatic amines is 1. The molecule has 0 radical (unpaired) electrons. The standard InChI is InChI=1S/C15H11ClN4O3/c16-11-7-23-14(10(11)5-9-1-3-17-4-2-9)12(21)6-13(22)15-18-8-19-20-15/h1-4,6-8,22H,5H2,(H,18,19,20). The third kappa shape index (κ3) is 3.29. The van der Waals surface area contributed by atoms with Gasteiger partial charge in [-0.25, -0.2) is 4.98 Å². The highest BCUT2D eigenvalue weighted by Crippen LogP contribution is 2.26. The van der Waals surface area contributed by atoms with Crippen molar-refractivity contribution >= 4 is 23.1 Å². The van der Waals surface area contributed by atoms with E-state index in [1.807, 2.05) is 12.1 Å². The Labute approximate surface area is 135 Å². The molecule has 0 amide bonds. The topological polar surface area (TPSA) is 105 Å². The zero-order chi connectivity index (χ0) is 16.2. The van der Waals surface area contributed by atoms with Crippen LogP contribution >= 0.6 is 11.6 Å². The van der Waals surface area contributed by atoms with Gasteiger partial charge in [0.05, 0.1) is 5.02 Å². The Balaban J connectivity index is 1.89. The first kappa shape index (κ1) is 15.0. The lowest BCUT2D eigenvalue weighted by atomic mass is 10.0. The number of halogens is 1. The fourth-order valence-electron chi connectivity index (χ4n) is 2.02. The van der Waals surface area contributed by atoms with Crippen LogP contribution < -0.4 is 0 Å². The number of nitrogens with one attached hydrogen (secondary N) is 1. The van der Waals surface area contributed by atoms with Crippen molar-refractivity contribution in [3.8, 4) is 0 Å². The van der Waals surface area contributed by atoms with E-state index in [0.29, 0.717) is 17.0 Å². The molecule has 0 aliphatic heterocycles. The van der Waals surface area contributed by atoms with Crippen LogP contribution in [-0.4, -0.2) is 31.1 Å². The van der Waals surface area contributed by atoms with E-state index in [4.69, 9.17) is 16.0 Å². The summed E-state index contributed by atoms with van der Waals surface area (Å²) in [6, 6.07) is 3.64. The number of furan rings is 1. The highest BCUT2D eigenvalue weighted by molar-refractivity contribution is 6.32. The van der Waals surface area contributed by atoms with Crippen molar-refractivity contribution < 1.29 is 14.3 Å². The molecule has 0 aliphatic rings. The molecule has 0 spiro atoms. The van der Waals surface area contributed by atoms with Gasteiger partial charge in [-0.1, -0.05) is 11.6 Å². The number of nitrogens with zero attached hydrogens (tertiary/aromatic N) is 3. The second-order valence-electron chi connectivity index (χ2n) is 4.65. The third-order valence-corrected chi connectivity index (χ3v) is 3.44. The van der Waals surface area contributed by atoms with Crippen molar-refractivity contribution in [2.75, 3.05) is 0 Å². The summed E-state index contributed by atoms with van der Waals surface area (Å²) in [5.74, 6) is -0.700. The predicted octanol–water partition coefficient (Wildman–Crippen LogP) is 2.82. The molecule has 7 nitrogen and oxygen atoms in total. The summed E-state index contributed by atoms with van der Waals surface area (Å²) in [6.07, 6.45) is 7.25. The second-order valence-corrected chi connectivity index (χ2v) is 5.06. The van der Waals surface area contributed by atoms with Gasteiger partial charge in [-0.2, -0.15) is 5.10 Å². The SMILES string of the molecule is O=C(C=C(O)c1ncn[nH]1)c1occ(Cl)c1Cc1ccncc1. The molecule has 0 aromatic carbocycles. The normalized spacial score (nSPS) is 11.6. The van der Waals surface area contributed by atoms with Crippen LogP contribution in [0.1, 0.15) is 27.5 Å². The number of rotatable bonds is 5. The van der Waals surface area contributed by atoms with Gasteiger partial charge >= 0.3 is 0 Å². The molecule has 0 unspecified atom stereocenters. The van der Waals surface area contributed by atoms with Gasteiger partial charge in [-0.05, 0) is 17.7 Å². The lowest BCUT2D eigenvalue weighted by Crippen LogP contribution is -2.01. The van der Waals surface area contributed by atoms with Crippen LogP contribution in [0.4, 0.5) is 0 Å². The molecule has 0 fully saturated rings. The molecular weight excluding hydrogens is 320 g/mol. The number of aliphatic hydroxyl groups is 1. The number of pyridine rings is 1. The van der Waals surface area contributed by atoms with Gasteiger partial charge in [-0.15, -0.1) is 0 Å². The van der Waals surface area contributed by atoms with E-state index in [1.165, 1.54) is 12.6 Å². The third-order valence-electron chi connectivity index (χ3n) is 3.12. The molecular formula is C15H11ClN4O3. The van der Waals surface area contributed by atoms with Crippen molar-refractivity contribution in [3.63, 3.8) is 0 Å². The Hall–Kier alpha value is -2.93. The summed E-state index contributed by atoms with van der Waals surface area (Å²) in [4.78, 5) is 20.0. The van der Waals surface area contributed by atoms with Crippen LogP contribution in [-0.2, 0) is 6.42 Å². The Morgan fingerprint density at radius 3 is 2.87 bits per heavy atom. The molecule has 23 heavy (non-hydrogen) atoms. The van der Waals surface area contributed by atoms with Crippen molar-refractivity contribution in [1.82, 2.24) is 20.2 Å². The van der Waals surface area contributed by atoms with Crippen LogP contribution in [0.15, 0.2) is 47.6 Å². The molecule has 3 aromatic rings. The summed E-state index contributed by atoms with van der Waals surface area (Å²) >= 11 is 6.10. The molecule has 0 atom stereocenters. The van der Waals surface area contributed by atoms with E-state index in [0.717, 1.165) is 11.6 Å². The Morgan fingerprint density at radius 1 is 1.39 bits per heavy atom. The first-order valence-corrected chi connectivity index (χ1v) is 6.98. The van der Waals surface area contributed by atoms with Gasteiger partial charge in [0.1, 0.15) is 12.6 Å². The minimum absolute atomic E-state index is 0.0675. The lowest BCUT2D eigenvalue weighted by Gasteiger charge is -2.02. The van der Waals surface area contributed by atoms with Crippen LogP contribution in [0.25, 0.3) is 5.76 Å². The smallest absolute Gasteiger partial charge is 0.225 e. The number of allylic oxidation sites excluding steroid dienone is 1. The van der Waals surface area contributed by atoms with Crippen LogP contribution in [0.5, 0.6) is 0 Å². The number of carbonyl (C=O) groups excluding carboxylic acids is 1. The van der Waals surface area contributed by atoms with E-state index in [-0.39, 0.29) is 17.3 Å². The molecule has 0 saturated carbocycles. The minimum Gasteiger partial charge on any atom is -0.504 e. The number of carbonyl (C=O) groups is 1. The zero-order valence-electron chi connectivity index (χ0n) is 11.7. The number of ketones is 1. The van der Waals surface area contributed by atoms with Gasteiger partial charge in [0, 0.05) is 30.5 Å². The van der Waals surface area contributed by atoms with Gasteiger partial charge in [0.25, 0.3) is 0 Å². The lowest BCUT2D eigenvalue weighted by molar-refractivity contribution is 0.102. The van der Waals surface area contributed by atoms with E-state index in [9.17, 15) is 9.90 Å². The first-order chi connectivity index (χ1) is 11.1. The number of aliphatic hydroxyl groups excluding tert-OH is 1. The Bertz CT molecular complexity index is 841. The molecule has 2 N–H and O–H groups in total. The number of H-pyrrole nitrogens is 1. The molecule has 0 aliphatic carbocycles. The summed E-state index contributed by atoms with van der Waals surface area (Å²) in [5.41, 5.74) is 1.48. The molecule has 116 valence electrons. The van der Waals surface area contributed by atoms with E-state index >= 15 is 0 Å². The summed E-state index contributed by atoms with van der Waals surface area (Å²) in [7, 11) is 0. The molecule has 3 rings (SSSR count). The van der Waals surface area contributed by atoms with Gasteiger partial charge in [0.2, 0.25) is 5.78 Å². The van der Waals surface area contributed by atoms with E-state index < -0.39 is 5.78 Å². The minimum atomic E-state index is -0.519. The molecule has 0 bridgehead atoms. The monoisotopic (exact) mass is 330 g/mol. The molecule has 8 heteroatoms. The quantitative estimate of drug-likeness (QED) is 0.423. The van der Waals surface area contributed by atoms with Crippen molar-refractivity contribution in [1.29, 1.82) is 0 Å². The Morgan fingerprint density at radius 2 is 2.17 bits per heavy atom. The van der Waals surface area contributed by atoms with Crippen molar-refractivity contribution in [2.24, 2.45) is 0 Å². The van der Waals surface area contributed by atoms with E-state index in [2.05, 4.69) is 20.2 Å².